The normalized spacial score (nSPS) is 13.8. The van der Waals surface area contributed by atoms with Gasteiger partial charge < -0.3 is 15.3 Å². The third kappa shape index (κ3) is 6.14. The van der Waals surface area contributed by atoms with Gasteiger partial charge in [-0.1, -0.05) is 12.1 Å². The highest BCUT2D eigenvalue weighted by atomic mass is 19.1. The van der Waals surface area contributed by atoms with E-state index in [9.17, 15) is 9.50 Å². The van der Waals surface area contributed by atoms with Gasteiger partial charge >= 0.3 is 0 Å². The summed E-state index contributed by atoms with van der Waals surface area (Å²) in [5, 5.41) is 13.0. The van der Waals surface area contributed by atoms with Gasteiger partial charge in [-0.25, -0.2) is 4.39 Å². The molecule has 0 aliphatic heterocycles. The van der Waals surface area contributed by atoms with Gasteiger partial charge in [0.2, 0.25) is 0 Å². The molecule has 108 valence electrons. The van der Waals surface area contributed by atoms with Crippen molar-refractivity contribution in [2.24, 2.45) is 0 Å². The predicted octanol–water partition coefficient (Wildman–Crippen LogP) is 2.18. The Morgan fingerprint density at radius 3 is 2.37 bits per heavy atom. The molecule has 0 aromatic heterocycles. The highest BCUT2D eigenvalue weighted by Crippen LogP contribution is 2.17. The van der Waals surface area contributed by atoms with Crippen LogP contribution in [0, 0.1) is 5.82 Å². The predicted molar refractivity (Wildman–Crippen MR) is 76.6 cm³/mol. The first-order valence-electron chi connectivity index (χ1n) is 6.65. The molecule has 1 aromatic carbocycles. The van der Waals surface area contributed by atoms with Gasteiger partial charge in [-0.3, -0.25) is 0 Å². The Hall–Kier alpha value is -0.970. The van der Waals surface area contributed by atoms with E-state index < -0.39 is 5.60 Å². The van der Waals surface area contributed by atoms with Crippen LogP contribution in [0.4, 0.5) is 4.39 Å². The van der Waals surface area contributed by atoms with Crippen LogP contribution in [0.3, 0.4) is 0 Å². The average molecular weight is 268 g/mol. The Bertz CT molecular complexity index is 373. The van der Waals surface area contributed by atoms with Crippen molar-refractivity contribution in [3.05, 3.63) is 35.6 Å². The molecule has 4 heteroatoms. The van der Waals surface area contributed by atoms with Crippen LogP contribution in [0.25, 0.3) is 0 Å². The first-order chi connectivity index (χ1) is 8.81. The minimum Gasteiger partial charge on any atom is -0.389 e. The second kappa shape index (κ2) is 6.98. The van der Waals surface area contributed by atoms with Crippen molar-refractivity contribution in [2.75, 3.05) is 27.2 Å². The number of halogens is 1. The summed E-state index contributed by atoms with van der Waals surface area (Å²) in [6, 6.07) is 6.80. The Morgan fingerprint density at radius 1 is 1.32 bits per heavy atom. The van der Waals surface area contributed by atoms with Crippen molar-refractivity contribution in [1.82, 2.24) is 10.2 Å². The standard InChI is InChI=1S/C15H25FN2O/c1-15(2,19)11-18(4)10-9-14(17-3)12-5-7-13(16)8-6-12/h5-8,14,17,19H,9-11H2,1-4H3. The molecule has 0 spiro atoms. The van der Waals surface area contributed by atoms with E-state index in [1.54, 1.807) is 13.8 Å². The van der Waals surface area contributed by atoms with Crippen molar-refractivity contribution >= 4 is 0 Å². The molecule has 0 radical (unpaired) electrons. The topological polar surface area (TPSA) is 35.5 Å². The van der Waals surface area contributed by atoms with Crippen LogP contribution in [-0.4, -0.2) is 42.8 Å². The Kier molecular flexibility index (Phi) is 5.91. The third-order valence-electron chi connectivity index (χ3n) is 3.08. The van der Waals surface area contributed by atoms with Crippen LogP contribution in [-0.2, 0) is 0 Å². The summed E-state index contributed by atoms with van der Waals surface area (Å²) in [6.07, 6.45) is 0.911. The van der Waals surface area contributed by atoms with Crippen LogP contribution in [0.15, 0.2) is 24.3 Å². The maximum atomic E-state index is 12.9. The van der Waals surface area contributed by atoms with Gasteiger partial charge in [-0.2, -0.15) is 0 Å². The fourth-order valence-electron chi connectivity index (χ4n) is 2.26. The van der Waals surface area contributed by atoms with Crippen molar-refractivity contribution in [3.8, 4) is 0 Å². The number of benzene rings is 1. The minimum atomic E-state index is -0.681. The summed E-state index contributed by atoms with van der Waals surface area (Å²) in [6.45, 7) is 5.11. The van der Waals surface area contributed by atoms with Gasteiger partial charge in [0.15, 0.2) is 0 Å². The van der Waals surface area contributed by atoms with E-state index in [1.807, 2.05) is 26.2 Å². The van der Waals surface area contributed by atoms with Gasteiger partial charge in [0.25, 0.3) is 0 Å². The molecule has 1 unspecified atom stereocenters. The number of nitrogens with one attached hydrogen (secondary N) is 1. The summed E-state index contributed by atoms with van der Waals surface area (Å²) in [5.41, 5.74) is 0.403. The zero-order valence-electron chi connectivity index (χ0n) is 12.3. The quantitative estimate of drug-likeness (QED) is 0.795. The number of hydrogen-bond donors (Lipinski definition) is 2. The fourth-order valence-corrected chi connectivity index (χ4v) is 2.26. The van der Waals surface area contributed by atoms with E-state index in [4.69, 9.17) is 0 Å². The molecule has 3 nitrogen and oxygen atoms in total. The monoisotopic (exact) mass is 268 g/mol. The maximum Gasteiger partial charge on any atom is 0.123 e. The van der Waals surface area contributed by atoms with Gasteiger partial charge in [0, 0.05) is 12.6 Å². The van der Waals surface area contributed by atoms with Crippen LogP contribution >= 0.6 is 0 Å². The maximum absolute atomic E-state index is 12.9. The molecule has 0 heterocycles. The molecule has 1 atom stereocenters. The molecular weight excluding hydrogens is 243 g/mol. The van der Waals surface area contributed by atoms with Crippen molar-refractivity contribution in [1.29, 1.82) is 0 Å². The Balaban J connectivity index is 2.51. The fraction of sp³-hybridized carbons (Fsp3) is 0.600. The lowest BCUT2D eigenvalue weighted by atomic mass is 10.0. The SMILES string of the molecule is CNC(CCN(C)CC(C)(C)O)c1ccc(F)cc1. The number of hydrogen-bond acceptors (Lipinski definition) is 3. The van der Waals surface area contributed by atoms with E-state index in [0.717, 1.165) is 18.5 Å². The Labute approximate surface area is 115 Å². The lowest BCUT2D eigenvalue weighted by Crippen LogP contribution is -2.37. The second-order valence-electron chi connectivity index (χ2n) is 5.73. The van der Waals surface area contributed by atoms with Crippen molar-refractivity contribution < 1.29 is 9.50 Å². The number of nitrogens with zero attached hydrogens (tertiary/aromatic N) is 1. The minimum absolute atomic E-state index is 0.199. The average Bonchev–Trinajstić information content (AvgIpc) is 2.29. The zero-order chi connectivity index (χ0) is 14.5. The van der Waals surface area contributed by atoms with Gasteiger partial charge in [0.05, 0.1) is 5.60 Å². The molecule has 2 N–H and O–H groups in total. The van der Waals surface area contributed by atoms with Crippen LogP contribution < -0.4 is 5.32 Å². The summed E-state index contributed by atoms with van der Waals surface area (Å²) in [4.78, 5) is 2.11. The van der Waals surface area contributed by atoms with E-state index in [-0.39, 0.29) is 11.9 Å². The highest BCUT2D eigenvalue weighted by Gasteiger charge is 2.17. The summed E-state index contributed by atoms with van der Waals surface area (Å²) in [5.74, 6) is -0.210. The number of rotatable bonds is 7. The molecule has 0 aliphatic rings. The molecule has 0 amide bonds. The smallest absolute Gasteiger partial charge is 0.123 e. The summed E-state index contributed by atoms with van der Waals surface area (Å²) >= 11 is 0. The summed E-state index contributed by atoms with van der Waals surface area (Å²) in [7, 11) is 3.90. The third-order valence-corrected chi connectivity index (χ3v) is 3.08. The van der Waals surface area contributed by atoms with Gasteiger partial charge in [-0.15, -0.1) is 0 Å². The number of likely N-dealkylation sites (N-methyl/N-ethyl adjacent to an activating group) is 1. The zero-order valence-corrected chi connectivity index (χ0v) is 12.3. The first-order valence-corrected chi connectivity index (χ1v) is 6.65. The second-order valence-corrected chi connectivity index (χ2v) is 5.73. The van der Waals surface area contributed by atoms with E-state index in [0.29, 0.717) is 6.54 Å². The van der Waals surface area contributed by atoms with Gasteiger partial charge in [-0.05, 0) is 58.6 Å². The molecule has 19 heavy (non-hydrogen) atoms. The lowest BCUT2D eigenvalue weighted by Gasteiger charge is -2.27. The highest BCUT2D eigenvalue weighted by molar-refractivity contribution is 5.19. The Morgan fingerprint density at radius 2 is 1.89 bits per heavy atom. The van der Waals surface area contributed by atoms with Crippen LogP contribution in [0.5, 0.6) is 0 Å². The molecule has 0 saturated heterocycles. The van der Waals surface area contributed by atoms with Crippen LogP contribution in [0.2, 0.25) is 0 Å². The number of aliphatic hydroxyl groups is 1. The van der Waals surface area contributed by atoms with E-state index >= 15 is 0 Å². The molecule has 0 bridgehead atoms. The van der Waals surface area contributed by atoms with E-state index in [1.165, 1.54) is 12.1 Å². The molecular formula is C15H25FN2O. The molecule has 0 fully saturated rings. The molecule has 1 rings (SSSR count). The van der Waals surface area contributed by atoms with Crippen molar-refractivity contribution in [2.45, 2.75) is 31.9 Å². The molecule has 0 aliphatic carbocycles. The van der Waals surface area contributed by atoms with Crippen LogP contribution in [0.1, 0.15) is 31.9 Å². The molecule has 1 aromatic rings. The first kappa shape index (κ1) is 16.1. The van der Waals surface area contributed by atoms with E-state index in [2.05, 4.69) is 10.2 Å². The van der Waals surface area contributed by atoms with Gasteiger partial charge in [0.1, 0.15) is 5.82 Å². The largest absolute Gasteiger partial charge is 0.389 e. The lowest BCUT2D eigenvalue weighted by molar-refractivity contribution is 0.0436. The summed E-state index contributed by atoms with van der Waals surface area (Å²) < 4.78 is 12.9. The van der Waals surface area contributed by atoms with Crippen molar-refractivity contribution in [3.63, 3.8) is 0 Å². The molecule has 0 saturated carbocycles.